The maximum absolute atomic E-state index is 12.4. The van der Waals surface area contributed by atoms with Crippen LogP contribution in [0.3, 0.4) is 0 Å². The molecule has 0 radical (unpaired) electrons. The normalized spacial score (nSPS) is 30.5. The van der Waals surface area contributed by atoms with Crippen molar-refractivity contribution >= 4 is 11.8 Å². The van der Waals surface area contributed by atoms with Crippen molar-refractivity contribution in [3.63, 3.8) is 0 Å². The Morgan fingerprint density at radius 2 is 2.00 bits per heavy atom. The van der Waals surface area contributed by atoms with Crippen molar-refractivity contribution in [1.82, 2.24) is 15.1 Å². The fraction of sp³-hybridized carbons (Fsp3) is 0.833. The van der Waals surface area contributed by atoms with Crippen LogP contribution in [0.1, 0.15) is 20.3 Å². The van der Waals surface area contributed by atoms with Gasteiger partial charge in [0.25, 0.3) is 0 Å². The van der Waals surface area contributed by atoms with Gasteiger partial charge < -0.3 is 15.1 Å². The molecule has 17 heavy (non-hydrogen) atoms. The van der Waals surface area contributed by atoms with E-state index in [0.29, 0.717) is 13.0 Å². The summed E-state index contributed by atoms with van der Waals surface area (Å²) in [6.07, 6.45) is 0.333. The molecule has 0 aliphatic carbocycles. The Hall–Kier alpha value is -1.10. The number of piperazine rings is 1. The third kappa shape index (κ3) is 2.44. The SMILES string of the molecule is CCN1CCN(C(=O)C2(C)CNC(=O)C2)CC1. The van der Waals surface area contributed by atoms with Gasteiger partial charge in [-0.05, 0) is 13.5 Å². The Kier molecular flexibility index (Phi) is 3.38. The van der Waals surface area contributed by atoms with Crippen molar-refractivity contribution in [2.24, 2.45) is 5.41 Å². The summed E-state index contributed by atoms with van der Waals surface area (Å²) in [7, 11) is 0. The molecule has 5 heteroatoms. The number of carbonyl (C=O) groups excluding carboxylic acids is 2. The monoisotopic (exact) mass is 239 g/mol. The van der Waals surface area contributed by atoms with Crippen molar-refractivity contribution in [3.05, 3.63) is 0 Å². The number of rotatable bonds is 2. The Labute approximate surface area is 102 Å². The molecular formula is C12H21N3O2. The predicted octanol–water partition coefficient (Wildman–Crippen LogP) is -0.323. The van der Waals surface area contributed by atoms with E-state index >= 15 is 0 Å². The van der Waals surface area contributed by atoms with Gasteiger partial charge in [-0.1, -0.05) is 6.92 Å². The van der Waals surface area contributed by atoms with Crippen LogP contribution in [0.2, 0.25) is 0 Å². The van der Waals surface area contributed by atoms with Crippen LogP contribution in [-0.2, 0) is 9.59 Å². The maximum atomic E-state index is 12.4. The summed E-state index contributed by atoms with van der Waals surface area (Å²) in [4.78, 5) is 27.9. The molecule has 0 saturated carbocycles. The van der Waals surface area contributed by atoms with Crippen molar-refractivity contribution in [3.8, 4) is 0 Å². The second-order valence-electron chi connectivity index (χ2n) is 5.24. The van der Waals surface area contributed by atoms with E-state index in [2.05, 4.69) is 17.1 Å². The minimum atomic E-state index is -0.522. The largest absolute Gasteiger partial charge is 0.355 e. The highest BCUT2D eigenvalue weighted by atomic mass is 16.2. The van der Waals surface area contributed by atoms with Gasteiger partial charge in [-0.3, -0.25) is 9.59 Å². The molecule has 0 aromatic rings. The van der Waals surface area contributed by atoms with Gasteiger partial charge >= 0.3 is 0 Å². The first-order valence-corrected chi connectivity index (χ1v) is 6.33. The van der Waals surface area contributed by atoms with Gasteiger partial charge in [-0.15, -0.1) is 0 Å². The summed E-state index contributed by atoms with van der Waals surface area (Å²) in [5.74, 6) is 0.125. The molecule has 1 unspecified atom stereocenters. The summed E-state index contributed by atoms with van der Waals surface area (Å²) < 4.78 is 0. The highest BCUT2D eigenvalue weighted by molar-refractivity contribution is 5.92. The van der Waals surface area contributed by atoms with Gasteiger partial charge in [0.15, 0.2) is 0 Å². The fourth-order valence-electron chi connectivity index (χ4n) is 2.57. The average molecular weight is 239 g/mol. The third-order valence-corrected chi connectivity index (χ3v) is 3.85. The molecule has 2 amide bonds. The number of likely N-dealkylation sites (N-methyl/N-ethyl adjacent to an activating group) is 1. The third-order valence-electron chi connectivity index (χ3n) is 3.85. The van der Waals surface area contributed by atoms with E-state index in [-0.39, 0.29) is 11.8 Å². The molecule has 2 aliphatic heterocycles. The van der Waals surface area contributed by atoms with E-state index in [4.69, 9.17) is 0 Å². The molecule has 0 spiro atoms. The standard InChI is InChI=1S/C12H21N3O2/c1-3-14-4-6-15(7-5-14)11(17)12(2)8-10(16)13-9-12/h3-9H2,1-2H3,(H,13,16). The van der Waals surface area contributed by atoms with Crippen molar-refractivity contribution in [2.75, 3.05) is 39.3 Å². The van der Waals surface area contributed by atoms with Crippen molar-refractivity contribution in [2.45, 2.75) is 20.3 Å². The van der Waals surface area contributed by atoms with Crippen LogP contribution in [0.25, 0.3) is 0 Å². The second kappa shape index (κ2) is 4.64. The van der Waals surface area contributed by atoms with Crippen LogP contribution in [0.4, 0.5) is 0 Å². The van der Waals surface area contributed by atoms with Crippen LogP contribution >= 0.6 is 0 Å². The molecule has 0 aromatic carbocycles. The highest BCUT2D eigenvalue weighted by Crippen LogP contribution is 2.28. The first-order valence-electron chi connectivity index (χ1n) is 6.33. The maximum Gasteiger partial charge on any atom is 0.230 e. The summed E-state index contributed by atoms with van der Waals surface area (Å²) >= 11 is 0. The number of hydrogen-bond acceptors (Lipinski definition) is 3. The average Bonchev–Trinajstić information content (AvgIpc) is 2.70. The zero-order chi connectivity index (χ0) is 12.5. The lowest BCUT2D eigenvalue weighted by Crippen LogP contribution is -2.53. The molecule has 2 aliphatic rings. The van der Waals surface area contributed by atoms with Crippen LogP contribution in [0, 0.1) is 5.41 Å². The van der Waals surface area contributed by atoms with Crippen molar-refractivity contribution in [1.29, 1.82) is 0 Å². The predicted molar refractivity (Wildman–Crippen MR) is 64.4 cm³/mol. The molecule has 1 atom stereocenters. The van der Waals surface area contributed by atoms with E-state index in [9.17, 15) is 9.59 Å². The molecule has 2 rings (SSSR count). The molecule has 2 saturated heterocycles. The minimum absolute atomic E-state index is 0.00644. The topological polar surface area (TPSA) is 52.6 Å². The fourth-order valence-corrected chi connectivity index (χ4v) is 2.57. The zero-order valence-electron chi connectivity index (χ0n) is 10.7. The summed E-state index contributed by atoms with van der Waals surface area (Å²) in [6.45, 7) is 9.02. The van der Waals surface area contributed by atoms with Gasteiger partial charge in [0.05, 0.1) is 5.41 Å². The second-order valence-corrected chi connectivity index (χ2v) is 5.24. The molecule has 1 N–H and O–H groups in total. The van der Waals surface area contributed by atoms with E-state index in [1.807, 2.05) is 11.8 Å². The number of nitrogens with one attached hydrogen (secondary N) is 1. The molecule has 96 valence electrons. The van der Waals surface area contributed by atoms with Gasteiger partial charge in [-0.2, -0.15) is 0 Å². The lowest BCUT2D eigenvalue weighted by molar-refractivity contribution is -0.143. The molecule has 2 heterocycles. The van der Waals surface area contributed by atoms with Crippen LogP contribution in [0.5, 0.6) is 0 Å². The first kappa shape index (κ1) is 12.4. The summed E-state index contributed by atoms with van der Waals surface area (Å²) in [5, 5.41) is 2.75. The van der Waals surface area contributed by atoms with Crippen LogP contribution in [-0.4, -0.2) is 60.9 Å². The summed E-state index contributed by atoms with van der Waals surface area (Å²) in [6, 6.07) is 0. The van der Waals surface area contributed by atoms with Crippen LogP contribution in [0.15, 0.2) is 0 Å². The van der Waals surface area contributed by atoms with Gasteiger partial charge in [0.1, 0.15) is 0 Å². The Balaban J connectivity index is 1.95. The lowest BCUT2D eigenvalue weighted by atomic mass is 9.87. The molecule has 0 aromatic heterocycles. The number of nitrogens with zero attached hydrogens (tertiary/aromatic N) is 2. The van der Waals surface area contributed by atoms with E-state index in [1.54, 1.807) is 0 Å². The van der Waals surface area contributed by atoms with E-state index < -0.39 is 5.41 Å². The highest BCUT2D eigenvalue weighted by Gasteiger charge is 2.43. The Bertz CT molecular complexity index is 324. The van der Waals surface area contributed by atoms with Gasteiger partial charge in [0.2, 0.25) is 11.8 Å². The molecule has 5 nitrogen and oxygen atoms in total. The van der Waals surface area contributed by atoms with E-state index in [0.717, 1.165) is 32.7 Å². The quantitative estimate of drug-likeness (QED) is 0.718. The number of hydrogen-bond donors (Lipinski definition) is 1. The van der Waals surface area contributed by atoms with E-state index in [1.165, 1.54) is 0 Å². The molecule has 0 bridgehead atoms. The van der Waals surface area contributed by atoms with Crippen molar-refractivity contribution < 1.29 is 9.59 Å². The Morgan fingerprint density at radius 1 is 1.35 bits per heavy atom. The van der Waals surface area contributed by atoms with Gasteiger partial charge in [0, 0.05) is 39.1 Å². The smallest absolute Gasteiger partial charge is 0.230 e. The van der Waals surface area contributed by atoms with Crippen LogP contribution < -0.4 is 5.32 Å². The van der Waals surface area contributed by atoms with Gasteiger partial charge in [-0.25, -0.2) is 0 Å². The minimum Gasteiger partial charge on any atom is -0.355 e. The number of amides is 2. The summed E-state index contributed by atoms with van der Waals surface area (Å²) in [5.41, 5.74) is -0.522. The number of carbonyl (C=O) groups is 2. The zero-order valence-corrected chi connectivity index (χ0v) is 10.7. The Morgan fingerprint density at radius 3 is 2.47 bits per heavy atom. The molecule has 2 fully saturated rings. The molecular weight excluding hydrogens is 218 g/mol. The lowest BCUT2D eigenvalue weighted by Gasteiger charge is -2.37. The first-order chi connectivity index (χ1) is 8.05.